The van der Waals surface area contributed by atoms with Gasteiger partial charge in [0.2, 0.25) is 0 Å². The molecule has 2 bridgehead atoms. The molecule has 35 heavy (non-hydrogen) atoms. The number of nitrogens with one attached hydrogen (secondary N) is 1. The summed E-state index contributed by atoms with van der Waals surface area (Å²) in [7, 11) is 3.30. The molecule has 0 radical (unpaired) electrons. The molecule has 3 N–H and O–H groups in total. The lowest BCUT2D eigenvalue weighted by Crippen LogP contribution is -2.52. The summed E-state index contributed by atoms with van der Waals surface area (Å²) in [6.07, 6.45) is 0.718. The average Bonchev–Trinajstić information content (AvgIpc) is 3.09. The zero-order valence-corrected chi connectivity index (χ0v) is 20.0. The van der Waals surface area contributed by atoms with E-state index in [1.54, 1.807) is 50.5 Å². The number of hydrogen-bond acceptors (Lipinski definition) is 5. The first-order valence-corrected chi connectivity index (χ1v) is 11.7. The Morgan fingerprint density at radius 3 is 2.54 bits per heavy atom. The summed E-state index contributed by atoms with van der Waals surface area (Å²) in [4.78, 5) is 54.2. The highest BCUT2D eigenvalue weighted by Crippen LogP contribution is 2.48. The van der Waals surface area contributed by atoms with E-state index in [1.807, 2.05) is 6.92 Å². The molecule has 2 aliphatic heterocycles. The van der Waals surface area contributed by atoms with Gasteiger partial charge in [0.1, 0.15) is 0 Å². The molecule has 4 rings (SSSR count). The van der Waals surface area contributed by atoms with Crippen molar-refractivity contribution in [2.24, 2.45) is 11.8 Å². The number of aliphatic carboxylic acids is 1. The number of carbonyl (C=O) groups is 3. The minimum atomic E-state index is -1.12. The van der Waals surface area contributed by atoms with Gasteiger partial charge in [-0.15, -0.1) is 0 Å². The number of pyridine rings is 1. The first-order chi connectivity index (χ1) is 16.7. The Labute approximate surface area is 202 Å². The van der Waals surface area contributed by atoms with E-state index in [1.165, 1.54) is 14.4 Å². The first kappa shape index (κ1) is 24.5. The number of carbonyl (C=O) groups excluding carboxylic acids is 2. The van der Waals surface area contributed by atoms with Crippen LogP contribution in [0.1, 0.15) is 35.4 Å². The zero-order chi connectivity index (χ0) is 25.4. The molecule has 10 heteroatoms. The van der Waals surface area contributed by atoms with Crippen LogP contribution in [0.25, 0.3) is 11.1 Å². The van der Waals surface area contributed by atoms with Crippen LogP contribution >= 0.6 is 0 Å². The van der Waals surface area contributed by atoms with E-state index in [0.29, 0.717) is 28.9 Å². The summed E-state index contributed by atoms with van der Waals surface area (Å²) in [5.74, 6) is -3.07. The Kier molecular flexibility index (Phi) is 6.66. The van der Waals surface area contributed by atoms with Crippen LogP contribution in [0.15, 0.2) is 41.2 Å². The Morgan fingerprint density at radius 1 is 1.17 bits per heavy atom. The molecule has 0 unspecified atom stereocenters. The summed E-state index contributed by atoms with van der Waals surface area (Å²) in [6.45, 7) is 2.01. The molecule has 1 saturated heterocycles. The smallest absolute Gasteiger partial charge is 0.318 e. The van der Waals surface area contributed by atoms with Gasteiger partial charge in [-0.3, -0.25) is 14.4 Å². The summed E-state index contributed by atoms with van der Waals surface area (Å²) < 4.78 is 1.51. The molecule has 1 aromatic carbocycles. The van der Waals surface area contributed by atoms with Gasteiger partial charge in [-0.05, 0) is 36.2 Å². The molecule has 3 amide bonds. The highest BCUT2D eigenvalue weighted by atomic mass is 16.4. The predicted molar refractivity (Wildman–Crippen MR) is 128 cm³/mol. The van der Waals surface area contributed by atoms with E-state index < -0.39 is 42.5 Å². The number of carboxylic acid groups (broad SMARTS) is 1. The lowest BCUT2D eigenvalue weighted by atomic mass is 9.87. The number of carboxylic acids is 1. The van der Waals surface area contributed by atoms with Crippen LogP contribution in [0, 0.1) is 11.8 Å². The molecule has 1 fully saturated rings. The van der Waals surface area contributed by atoms with Crippen molar-refractivity contribution in [2.75, 3.05) is 27.2 Å². The van der Waals surface area contributed by atoms with Crippen molar-refractivity contribution in [3.8, 4) is 11.1 Å². The molecule has 186 valence electrons. The van der Waals surface area contributed by atoms with E-state index in [-0.39, 0.29) is 18.0 Å². The highest BCUT2D eigenvalue weighted by Gasteiger charge is 2.57. The van der Waals surface area contributed by atoms with Gasteiger partial charge in [0.15, 0.2) is 0 Å². The van der Waals surface area contributed by atoms with Crippen LogP contribution in [-0.2, 0) is 11.3 Å². The molecule has 0 aliphatic carbocycles. The van der Waals surface area contributed by atoms with E-state index >= 15 is 0 Å². The number of aromatic nitrogens is 1. The van der Waals surface area contributed by atoms with Crippen molar-refractivity contribution in [2.45, 2.75) is 32.0 Å². The number of amides is 3. The van der Waals surface area contributed by atoms with Crippen LogP contribution in [-0.4, -0.2) is 75.8 Å². The maximum Gasteiger partial charge on any atom is 0.318 e. The molecule has 3 heterocycles. The number of aliphatic hydroxyl groups excluding tert-OH is 1. The third-order valence-corrected chi connectivity index (χ3v) is 6.92. The van der Waals surface area contributed by atoms with Crippen molar-refractivity contribution >= 4 is 17.9 Å². The molecule has 10 nitrogen and oxygen atoms in total. The number of fused-ring (bicyclic) bond motifs is 4. The number of urea groups is 1. The second-order valence-electron chi connectivity index (χ2n) is 9.23. The van der Waals surface area contributed by atoms with Crippen LogP contribution < -0.4 is 10.9 Å². The molecule has 4 atom stereocenters. The Balaban J connectivity index is 1.81. The van der Waals surface area contributed by atoms with Crippen LogP contribution in [0.3, 0.4) is 0 Å². The largest absolute Gasteiger partial charge is 0.481 e. The second kappa shape index (κ2) is 9.53. The second-order valence-corrected chi connectivity index (χ2v) is 9.23. The number of benzene rings is 1. The van der Waals surface area contributed by atoms with E-state index in [9.17, 15) is 29.4 Å². The number of nitrogens with zero attached hydrogens (tertiary/aromatic N) is 3. The van der Waals surface area contributed by atoms with Crippen LogP contribution in [0.4, 0.5) is 4.79 Å². The predicted octanol–water partition coefficient (Wildman–Crippen LogP) is 1.38. The van der Waals surface area contributed by atoms with Gasteiger partial charge in [0, 0.05) is 56.5 Å². The summed E-state index contributed by atoms with van der Waals surface area (Å²) >= 11 is 0. The first-order valence-electron chi connectivity index (χ1n) is 11.7. The van der Waals surface area contributed by atoms with Gasteiger partial charge in [-0.2, -0.15) is 0 Å². The van der Waals surface area contributed by atoms with Gasteiger partial charge in [-0.25, -0.2) is 4.79 Å². The highest BCUT2D eigenvalue weighted by molar-refractivity contribution is 5.95. The molecular formula is C25H30N4O6. The van der Waals surface area contributed by atoms with Crippen molar-refractivity contribution in [1.29, 1.82) is 0 Å². The normalized spacial score (nSPS) is 22.5. The van der Waals surface area contributed by atoms with Crippen LogP contribution in [0.2, 0.25) is 0 Å². The maximum absolute atomic E-state index is 13.6. The molecule has 0 spiro atoms. The van der Waals surface area contributed by atoms with Gasteiger partial charge in [-0.1, -0.05) is 19.1 Å². The Bertz CT molecular complexity index is 1220. The molecule has 0 saturated carbocycles. The molecule has 2 aliphatic rings. The van der Waals surface area contributed by atoms with Crippen molar-refractivity contribution in [1.82, 2.24) is 19.7 Å². The SMILES string of the molecule is CCCNC(=O)N1[C@@H]2Cn3c(ccc(-c4cccc(C(=O)N(C)C)c4)c3=O)[C@H]1[C@@H](C(=O)O)[C@@H]2CO. The summed E-state index contributed by atoms with van der Waals surface area (Å²) in [6, 6.07) is 8.14. The number of rotatable bonds is 6. The van der Waals surface area contributed by atoms with Gasteiger partial charge in [0.25, 0.3) is 11.5 Å². The number of aliphatic hydroxyl groups is 1. The maximum atomic E-state index is 13.6. The van der Waals surface area contributed by atoms with Crippen molar-refractivity contribution in [3.63, 3.8) is 0 Å². The molecule has 1 aromatic heterocycles. The van der Waals surface area contributed by atoms with Crippen molar-refractivity contribution in [3.05, 3.63) is 58.0 Å². The van der Waals surface area contributed by atoms with E-state index in [0.717, 1.165) is 6.42 Å². The van der Waals surface area contributed by atoms with E-state index in [2.05, 4.69) is 5.32 Å². The zero-order valence-electron chi connectivity index (χ0n) is 20.0. The van der Waals surface area contributed by atoms with Crippen molar-refractivity contribution < 1.29 is 24.6 Å². The third-order valence-electron chi connectivity index (χ3n) is 6.92. The minimum absolute atomic E-state index is 0.0728. The molecule has 2 aromatic rings. The average molecular weight is 483 g/mol. The number of hydrogen-bond donors (Lipinski definition) is 3. The lowest BCUT2D eigenvalue weighted by Gasteiger charge is -2.38. The summed E-state index contributed by atoms with van der Waals surface area (Å²) in [5.41, 5.74) is 1.48. The molecular weight excluding hydrogens is 452 g/mol. The van der Waals surface area contributed by atoms with E-state index in [4.69, 9.17) is 0 Å². The lowest BCUT2D eigenvalue weighted by molar-refractivity contribution is -0.144. The Hall–Kier alpha value is -3.66. The third kappa shape index (κ3) is 4.07. The van der Waals surface area contributed by atoms with Crippen LogP contribution in [0.5, 0.6) is 0 Å². The van der Waals surface area contributed by atoms with Gasteiger partial charge < -0.3 is 29.9 Å². The Morgan fingerprint density at radius 2 is 1.91 bits per heavy atom. The fourth-order valence-corrected chi connectivity index (χ4v) is 5.29. The topological polar surface area (TPSA) is 132 Å². The summed E-state index contributed by atoms with van der Waals surface area (Å²) in [5, 5.41) is 22.9. The fraction of sp³-hybridized carbons (Fsp3) is 0.440. The fourth-order valence-electron chi connectivity index (χ4n) is 5.29. The standard InChI is InChI=1S/C25H30N4O6/c1-4-10-26-25(35)29-19-12-28-18(21(29)20(24(33)34)17(19)13-30)9-8-16(23(28)32)14-6-5-7-15(11-14)22(31)27(2)3/h5-9,11,17,19-21,30H,4,10,12-13H2,1-3H3,(H,26,35)(H,33,34)/t17-,19-,20+,21+/m1/s1. The van der Waals surface area contributed by atoms with Gasteiger partial charge in [0.05, 0.1) is 18.0 Å². The van der Waals surface area contributed by atoms with Gasteiger partial charge >= 0.3 is 12.0 Å². The monoisotopic (exact) mass is 482 g/mol. The minimum Gasteiger partial charge on any atom is -0.481 e. The quantitative estimate of drug-likeness (QED) is 0.570.